The quantitative estimate of drug-likeness (QED) is 0.732. The number of rotatable bonds is 1. The highest BCUT2D eigenvalue weighted by Gasteiger charge is 2.35. The van der Waals surface area contributed by atoms with Crippen LogP contribution in [-0.2, 0) is 0 Å². The highest BCUT2D eigenvalue weighted by Crippen LogP contribution is 2.28. The van der Waals surface area contributed by atoms with Gasteiger partial charge in [0.1, 0.15) is 5.15 Å². The van der Waals surface area contributed by atoms with E-state index in [1.165, 1.54) is 18.7 Å². The molecule has 3 rings (SSSR count). The van der Waals surface area contributed by atoms with E-state index in [1.54, 1.807) is 0 Å². The van der Waals surface area contributed by atoms with E-state index in [0.29, 0.717) is 11.2 Å². The molecule has 3 heterocycles. The molecule has 0 aliphatic carbocycles. The summed E-state index contributed by atoms with van der Waals surface area (Å²) in [5.74, 6) is 0.820. The van der Waals surface area contributed by atoms with Gasteiger partial charge in [-0.15, -0.1) is 0 Å². The zero-order valence-corrected chi connectivity index (χ0v) is 9.24. The van der Waals surface area contributed by atoms with E-state index in [4.69, 9.17) is 11.6 Å². The van der Waals surface area contributed by atoms with Crippen molar-refractivity contribution in [1.29, 1.82) is 0 Å². The number of hydrogen-bond acceptors (Lipinski definition) is 3. The Morgan fingerprint density at radius 1 is 1.40 bits per heavy atom. The van der Waals surface area contributed by atoms with Crippen molar-refractivity contribution < 1.29 is 0 Å². The van der Waals surface area contributed by atoms with Gasteiger partial charge in [-0.1, -0.05) is 11.6 Å². The van der Waals surface area contributed by atoms with Gasteiger partial charge in [0.25, 0.3) is 0 Å². The average Bonchev–Trinajstić information content (AvgIpc) is 2.78. The highest BCUT2D eigenvalue weighted by molar-refractivity contribution is 6.29. The van der Waals surface area contributed by atoms with Crippen LogP contribution in [0.4, 0.5) is 5.69 Å². The van der Waals surface area contributed by atoms with Crippen LogP contribution in [-0.4, -0.2) is 30.7 Å². The Labute approximate surface area is 94.4 Å². The second-order valence-electron chi connectivity index (χ2n) is 4.35. The number of nitrogens with one attached hydrogen (secondary N) is 1. The maximum Gasteiger partial charge on any atom is 0.129 e. The van der Waals surface area contributed by atoms with Gasteiger partial charge in [0.05, 0.1) is 11.9 Å². The number of aromatic nitrogens is 1. The minimum atomic E-state index is 0.566. The molecule has 1 aromatic rings. The number of hydrogen-bond donors (Lipinski definition) is 1. The molecular formula is C11H14ClN3. The summed E-state index contributed by atoms with van der Waals surface area (Å²) in [5.41, 5.74) is 1.19. The first kappa shape index (κ1) is 9.43. The molecule has 4 heteroatoms. The predicted octanol–water partition coefficient (Wildman–Crippen LogP) is 1.53. The fourth-order valence-electron chi connectivity index (χ4n) is 2.62. The second-order valence-corrected chi connectivity index (χ2v) is 4.74. The molecule has 0 unspecified atom stereocenters. The predicted molar refractivity (Wildman–Crippen MR) is 61.4 cm³/mol. The van der Waals surface area contributed by atoms with Crippen molar-refractivity contribution in [2.45, 2.75) is 12.5 Å². The first-order valence-electron chi connectivity index (χ1n) is 5.43. The van der Waals surface area contributed by atoms with E-state index in [2.05, 4.69) is 21.3 Å². The Balaban J connectivity index is 1.76. The Morgan fingerprint density at radius 3 is 3.07 bits per heavy atom. The van der Waals surface area contributed by atoms with Crippen molar-refractivity contribution in [3.63, 3.8) is 0 Å². The molecule has 0 radical (unpaired) electrons. The maximum absolute atomic E-state index is 5.77. The molecule has 2 saturated heterocycles. The van der Waals surface area contributed by atoms with Crippen molar-refractivity contribution >= 4 is 17.3 Å². The number of halogens is 1. The molecule has 1 aromatic heterocycles. The number of pyridine rings is 1. The summed E-state index contributed by atoms with van der Waals surface area (Å²) < 4.78 is 0. The Morgan fingerprint density at radius 2 is 2.33 bits per heavy atom. The van der Waals surface area contributed by atoms with Crippen LogP contribution in [0.15, 0.2) is 18.3 Å². The van der Waals surface area contributed by atoms with Crippen LogP contribution in [0, 0.1) is 5.92 Å². The van der Waals surface area contributed by atoms with E-state index in [0.717, 1.165) is 19.0 Å². The van der Waals surface area contributed by atoms with Crippen LogP contribution < -0.4 is 10.2 Å². The van der Waals surface area contributed by atoms with Gasteiger partial charge in [-0.2, -0.15) is 0 Å². The summed E-state index contributed by atoms with van der Waals surface area (Å²) in [6.07, 6.45) is 3.17. The monoisotopic (exact) mass is 223 g/mol. The van der Waals surface area contributed by atoms with Gasteiger partial charge in [0.2, 0.25) is 0 Å². The summed E-state index contributed by atoms with van der Waals surface area (Å²) in [6, 6.07) is 4.59. The lowest BCUT2D eigenvalue weighted by molar-refractivity contribution is 0.556. The van der Waals surface area contributed by atoms with Crippen molar-refractivity contribution in [3.8, 4) is 0 Å². The van der Waals surface area contributed by atoms with Crippen LogP contribution >= 0.6 is 11.6 Å². The molecule has 80 valence electrons. The summed E-state index contributed by atoms with van der Waals surface area (Å²) in [4.78, 5) is 6.51. The topological polar surface area (TPSA) is 28.2 Å². The van der Waals surface area contributed by atoms with Gasteiger partial charge in [0, 0.05) is 19.1 Å². The minimum Gasteiger partial charge on any atom is -0.368 e. The molecule has 3 nitrogen and oxygen atoms in total. The van der Waals surface area contributed by atoms with Gasteiger partial charge in [-0.25, -0.2) is 4.98 Å². The van der Waals surface area contributed by atoms with Crippen LogP contribution in [0.25, 0.3) is 0 Å². The zero-order chi connectivity index (χ0) is 10.3. The second kappa shape index (κ2) is 3.65. The molecule has 2 fully saturated rings. The van der Waals surface area contributed by atoms with Gasteiger partial charge in [-0.3, -0.25) is 0 Å². The molecule has 2 aliphatic rings. The summed E-state index contributed by atoms with van der Waals surface area (Å²) in [6.45, 7) is 3.44. The molecular weight excluding hydrogens is 210 g/mol. The first-order valence-corrected chi connectivity index (χ1v) is 5.80. The molecule has 2 atom stereocenters. The third-order valence-corrected chi connectivity index (χ3v) is 3.66. The number of nitrogens with zero attached hydrogens (tertiary/aromatic N) is 2. The van der Waals surface area contributed by atoms with Crippen LogP contribution in [0.2, 0.25) is 5.15 Å². The molecule has 0 saturated carbocycles. The Hall–Kier alpha value is -0.800. The Bertz CT molecular complexity index is 339. The van der Waals surface area contributed by atoms with Gasteiger partial charge < -0.3 is 10.2 Å². The standard InChI is InChI=1S/C11H14ClN3/c12-11-2-1-9(5-14-11)15-6-8-3-4-13-10(8)7-15/h1-2,5,8,10,13H,3-4,6-7H2/t8-,10+/m1/s1. The van der Waals surface area contributed by atoms with Crippen molar-refractivity contribution in [1.82, 2.24) is 10.3 Å². The normalized spacial score (nSPS) is 29.5. The molecule has 0 spiro atoms. The lowest BCUT2D eigenvalue weighted by Crippen LogP contribution is -2.30. The van der Waals surface area contributed by atoms with Gasteiger partial charge >= 0.3 is 0 Å². The summed E-state index contributed by atoms with van der Waals surface area (Å²) in [7, 11) is 0. The first-order chi connectivity index (χ1) is 7.33. The summed E-state index contributed by atoms with van der Waals surface area (Å²) in [5, 5.41) is 4.11. The molecule has 2 aliphatic heterocycles. The van der Waals surface area contributed by atoms with Gasteiger partial charge in [-0.05, 0) is 31.0 Å². The fourth-order valence-corrected chi connectivity index (χ4v) is 2.73. The van der Waals surface area contributed by atoms with Crippen molar-refractivity contribution in [3.05, 3.63) is 23.5 Å². The molecule has 1 N–H and O–H groups in total. The van der Waals surface area contributed by atoms with E-state index < -0.39 is 0 Å². The average molecular weight is 224 g/mol. The molecule has 15 heavy (non-hydrogen) atoms. The third kappa shape index (κ3) is 1.70. The zero-order valence-electron chi connectivity index (χ0n) is 8.49. The van der Waals surface area contributed by atoms with Gasteiger partial charge in [0.15, 0.2) is 0 Å². The minimum absolute atomic E-state index is 0.566. The van der Waals surface area contributed by atoms with Crippen molar-refractivity contribution in [2.24, 2.45) is 5.92 Å². The third-order valence-electron chi connectivity index (χ3n) is 3.44. The lowest BCUT2D eigenvalue weighted by Gasteiger charge is -2.18. The fraction of sp³-hybridized carbons (Fsp3) is 0.545. The SMILES string of the molecule is Clc1ccc(N2C[C@H]3CCN[C@H]3C2)cn1. The largest absolute Gasteiger partial charge is 0.368 e. The Kier molecular flexibility index (Phi) is 2.29. The number of fused-ring (bicyclic) bond motifs is 1. The van der Waals surface area contributed by atoms with Crippen LogP contribution in [0.1, 0.15) is 6.42 Å². The highest BCUT2D eigenvalue weighted by atomic mass is 35.5. The van der Waals surface area contributed by atoms with Crippen LogP contribution in [0.5, 0.6) is 0 Å². The van der Waals surface area contributed by atoms with E-state index in [1.807, 2.05) is 12.3 Å². The van der Waals surface area contributed by atoms with E-state index in [9.17, 15) is 0 Å². The van der Waals surface area contributed by atoms with Crippen molar-refractivity contribution in [2.75, 3.05) is 24.5 Å². The van der Waals surface area contributed by atoms with E-state index in [-0.39, 0.29) is 0 Å². The van der Waals surface area contributed by atoms with Crippen LogP contribution in [0.3, 0.4) is 0 Å². The molecule has 0 bridgehead atoms. The molecule has 0 aromatic carbocycles. The maximum atomic E-state index is 5.77. The molecule has 0 amide bonds. The number of anilines is 1. The summed E-state index contributed by atoms with van der Waals surface area (Å²) >= 11 is 5.77. The lowest BCUT2D eigenvalue weighted by atomic mass is 10.1. The smallest absolute Gasteiger partial charge is 0.129 e. The van der Waals surface area contributed by atoms with E-state index >= 15 is 0 Å².